The lowest BCUT2D eigenvalue weighted by Gasteiger charge is -2.26. The van der Waals surface area contributed by atoms with Gasteiger partial charge in [-0.15, -0.1) is 11.6 Å². The molecular weight excluding hydrogens is 342 g/mol. The molecule has 0 aromatic heterocycles. The Morgan fingerprint density at radius 3 is 3.00 bits per heavy atom. The van der Waals surface area contributed by atoms with Gasteiger partial charge in [0.05, 0.1) is 16.6 Å². The van der Waals surface area contributed by atoms with E-state index in [0.29, 0.717) is 19.1 Å². The molecule has 1 aromatic rings. The van der Waals surface area contributed by atoms with E-state index < -0.39 is 0 Å². The Hall–Kier alpha value is -0.290. The summed E-state index contributed by atoms with van der Waals surface area (Å²) < 4.78 is 11.7. The van der Waals surface area contributed by atoms with E-state index in [2.05, 4.69) is 39.4 Å². The molecule has 0 amide bonds. The third kappa shape index (κ3) is 4.92. The average Bonchev–Trinajstić information content (AvgIpc) is 2.42. The van der Waals surface area contributed by atoms with Crippen molar-refractivity contribution in [1.29, 1.82) is 0 Å². The van der Waals surface area contributed by atoms with E-state index in [1.807, 2.05) is 0 Å². The van der Waals surface area contributed by atoms with Crippen molar-refractivity contribution in [2.75, 3.05) is 26.9 Å². The van der Waals surface area contributed by atoms with Crippen LogP contribution in [-0.2, 0) is 11.2 Å². The van der Waals surface area contributed by atoms with Crippen molar-refractivity contribution in [3.05, 3.63) is 28.2 Å². The van der Waals surface area contributed by atoms with E-state index in [1.54, 1.807) is 7.11 Å². The van der Waals surface area contributed by atoms with Gasteiger partial charge in [0.15, 0.2) is 0 Å². The van der Waals surface area contributed by atoms with E-state index in [4.69, 9.17) is 21.1 Å². The molecule has 0 aliphatic carbocycles. The Balaban J connectivity index is 1.95. The van der Waals surface area contributed by atoms with Crippen LogP contribution < -0.4 is 10.1 Å². The molecule has 112 valence electrons. The van der Waals surface area contributed by atoms with Gasteiger partial charge < -0.3 is 14.8 Å². The number of nitrogens with one attached hydrogen (secondary N) is 1. The van der Waals surface area contributed by atoms with E-state index in [0.717, 1.165) is 29.6 Å². The second kappa shape index (κ2) is 8.23. The van der Waals surface area contributed by atoms with Gasteiger partial charge in [0.2, 0.25) is 0 Å². The van der Waals surface area contributed by atoms with Crippen molar-refractivity contribution in [3.8, 4) is 5.75 Å². The number of methoxy groups -OCH3 is 1. The fourth-order valence-corrected chi connectivity index (χ4v) is 3.20. The summed E-state index contributed by atoms with van der Waals surface area (Å²) in [5.41, 5.74) is 1.41. The SMILES string of the molecule is COCCOc1cc(CC2CCNC(Cl)C2)ccc1Br. The summed E-state index contributed by atoms with van der Waals surface area (Å²) in [6.45, 7) is 2.17. The number of ether oxygens (including phenoxy) is 2. The van der Waals surface area contributed by atoms with Crippen LogP contribution in [0.25, 0.3) is 0 Å². The molecule has 1 saturated heterocycles. The lowest BCUT2D eigenvalue weighted by molar-refractivity contribution is 0.146. The first-order valence-corrected chi connectivity index (χ1v) is 8.19. The molecule has 2 atom stereocenters. The lowest BCUT2D eigenvalue weighted by atomic mass is 9.91. The smallest absolute Gasteiger partial charge is 0.133 e. The number of piperidine rings is 1. The first kappa shape index (κ1) is 16.1. The molecule has 1 fully saturated rings. The molecule has 0 bridgehead atoms. The van der Waals surface area contributed by atoms with Crippen molar-refractivity contribution in [2.24, 2.45) is 5.92 Å². The minimum absolute atomic E-state index is 0.113. The van der Waals surface area contributed by atoms with Gasteiger partial charge in [-0.1, -0.05) is 6.07 Å². The summed E-state index contributed by atoms with van der Waals surface area (Å²) >= 11 is 9.68. The Kier molecular flexibility index (Phi) is 6.62. The number of benzene rings is 1. The first-order chi connectivity index (χ1) is 9.69. The number of alkyl halides is 1. The van der Waals surface area contributed by atoms with Gasteiger partial charge in [-0.2, -0.15) is 0 Å². The molecule has 20 heavy (non-hydrogen) atoms. The fourth-order valence-electron chi connectivity index (χ4n) is 2.48. The monoisotopic (exact) mass is 361 g/mol. The number of hydrogen-bond donors (Lipinski definition) is 1. The standard InChI is InChI=1S/C15H21BrClNO2/c1-19-6-7-20-14-9-11(2-3-13(14)16)8-12-4-5-18-15(17)10-12/h2-3,9,12,15,18H,4-8,10H2,1H3. The van der Waals surface area contributed by atoms with Crippen LogP contribution in [0, 0.1) is 5.92 Å². The van der Waals surface area contributed by atoms with Crippen molar-refractivity contribution in [1.82, 2.24) is 5.32 Å². The van der Waals surface area contributed by atoms with E-state index in [9.17, 15) is 0 Å². The van der Waals surface area contributed by atoms with Crippen LogP contribution in [0.4, 0.5) is 0 Å². The van der Waals surface area contributed by atoms with Crippen LogP contribution in [0.1, 0.15) is 18.4 Å². The van der Waals surface area contributed by atoms with Gasteiger partial charge in [-0.25, -0.2) is 0 Å². The largest absolute Gasteiger partial charge is 0.490 e. The van der Waals surface area contributed by atoms with E-state index in [-0.39, 0.29) is 5.50 Å². The lowest BCUT2D eigenvalue weighted by Crippen LogP contribution is -2.34. The highest BCUT2D eigenvalue weighted by atomic mass is 79.9. The van der Waals surface area contributed by atoms with Crippen LogP contribution in [-0.4, -0.2) is 32.4 Å². The Bertz CT molecular complexity index is 430. The summed E-state index contributed by atoms with van der Waals surface area (Å²) in [5, 5.41) is 3.27. The molecule has 2 rings (SSSR count). The topological polar surface area (TPSA) is 30.5 Å². The average molecular weight is 363 g/mol. The van der Waals surface area contributed by atoms with Crippen molar-refractivity contribution in [2.45, 2.75) is 24.8 Å². The highest BCUT2D eigenvalue weighted by Gasteiger charge is 2.20. The molecule has 0 spiro atoms. The second-order valence-corrected chi connectivity index (χ2v) is 6.50. The summed E-state index contributed by atoms with van der Waals surface area (Å²) in [6, 6.07) is 6.32. The van der Waals surface area contributed by atoms with Crippen LogP contribution in [0.2, 0.25) is 0 Å². The van der Waals surface area contributed by atoms with Gasteiger partial charge in [0.1, 0.15) is 12.4 Å². The van der Waals surface area contributed by atoms with Gasteiger partial charge in [-0.05, 0) is 65.4 Å². The highest BCUT2D eigenvalue weighted by molar-refractivity contribution is 9.10. The number of hydrogen-bond acceptors (Lipinski definition) is 3. The minimum Gasteiger partial charge on any atom is -0.490 e. The van der Waals surface area contributed by atoms with E-state index >= 15 is 0 Å². The maximum absolute atomic E-state index is 6.16. The summed E-state index contributed by atoms with van der Waals surface area (Å²) in [6.07, 6.45) is 3.26. The normalized spacial score (nSPS) is 22.8. The zero-order valence-corrected chi connectivity index (χ0v) is 14.0. The fraction of sp³-hybridized carbons (Fsp3) is 0.600. The highest BCUT2D eigenvalue weighted by Crippen LogP contribution is 2.29. The first-order valence-electron chi connectivity index (χ1n) is 6.96. The molecule has 3 nitrogen and oxygen atoms in total. The van der Waals surface area contributed by atoms with Gasteiger partial charge in [0, 0.05) is 7.11 Å². The zero-order valence-electron chi connectivity index (χ0n) is 11.7. The predicted octanol–water partition coefficient (Wildman–Crippen LogP) is 3.58. The summed E-state index contributed by atoms with van der Waals surface area (Å²) in [4.78, 5) is 0. The molecule has 1 aliphatic rings. The number of rotatable bonds is 6. The second-order valence-electron chi connectivity index (χ2n) is 5.12. The van der Waals surface area contributed by atoms with Crippen molar-refractivity contribution in [3.63, 3.8) is 0 Å². The molecule has 1 aromatic carbocycles. The molecule has 2 unspecified atom stereocenters. The molecular formula is C15H21BrClNO2. The molecule has 1 aliphatic heterocycles. The molecule has 1 N–H and O–H groups in total. The summed E-state index contributed by atoms with van der Waals surface area (Å²) in [5.74, 6) is 1.53. The van der Waals surface area contributed by atoms with Crippen molar-refractivity contribution < 1.29 is 9.47 Å². The Morgan fingerprint density at radius 1 is 1.40 bits per heavy atom. The predicted molar refractivity (Wildman–Crippen MR) is 85.6 cm³/mol. The quantitative estimate of drug-likeness (QED) is 0.477. The maximum atomic E-state index is 6.16. The van der Waals surface area contributed by atoms with E-state index in [1.165, 1.54) is 12.0 Å². The minimum atomic E-state index is 0.113. The molecule has 1 heterocycles. The third-order valence-corrected chi connectivity index (χ3v) is 4.51. The van der Waals surface area contributed by atoms with Crippen LogP contribution in [0.15, 0.2) is 22.7 Å². The Labute approximate surface area is 134 Å². The summed E-state index contributed by atoms with van der Waals surface area (Å²) in [7, 11) is 1.68. The molecule has 5 heteroatoms. The van der Waals surface area contributed by atoms with Gasteiger partial charge in [0.25, 0.3) is 0 Å². The van der Waals surface area contributed by atoms with Gasteiger partial charge in [-0.3, -0.25) is 0 Å². The van der Waals surface area contributed by atoms with Crippen LogP contribution >= 0.6 is 27.5 Å². The van der Waals surface area contributed by atoms with Crippen molar-refractivity contribution >= 4 is 27.5 Å². The van der Waals surface area contributed by atoms with Gasteiger partial charge >= 0.3 is 0 Å². The maximum Gasteiger partial charge on any atom is 0.133 e. The Morgan fingerprint density at radius 2 is 2.25 bits per heavy atom. The van der Waals surface area contributed by atoms with Crippen LogP contribution in [0.3, 0.4) is 0 Å². The van der Waals surface area contributed by atoms with Crippen LogP contribution in [0.5, 0.6) is 5.75 Å². The molecule has 0 saturated carbocycles. The number of halogens is 2. The zero-order chi connectivity index (χ0) is 14.4. The molecule has 0 radical (unpaired) electrons. The third-order valence-electron chi connectivity index (χ3n) is 3.52.